The van der Waals surface area contributed by atoms with E-state index in [0.717, 1.165) is 31.5 Å². The molecule has 28 heavy (non-hydrogen) atoms. The highest BCUT2D eigenvalue weighted by Crippen LogP contribution is 2.35. The summed E-state index contributed by atoms with van der Waals surface area (Å²) in [6.45, 7) is 4.41. The highest BCUT2D eigenvalue weighted by molar-refractivity contribution is 7.84. The summed E-state index contributed by atoms with van der Waals surface area (Å²) < 4.78 is 17.6. The molecular formula is C20H29N3O4S. The average molecular weight is 408 g/mol. The number of fused-ring (bicyclic) bond motifs is 1. The fourth-order valence-electron chi connectivity index (χ4n) is 3.73. The number of rotatable bonds is 5. The lowest BCUT2D eigenvalue weighted by Crippen LogP contribution is -2.54. The molecule has 154 valence electrons. The maximum atomic E-state index is 13.2. The van der Waals surface area contributed by atoms with Crippen molar-refractivity contribution in [1.82, 2.24) is 15.1 Å². The van der Waals surface area contributed by atoms with Crippen LogP contribution in [0.1, 0.15) is 28.8 Å². The topological polar surface area (TPSA) is 79.0 Å². The molecule has 2 heterocycles. The SMILES string of the molecule is Cc1ccc2c(c1)C(=O)N(CC(=O)NCCS(C)=O)CC1(CCN(C)CC1)O2. The number of piperidine rings is 1. The lowest BCUT2D eigenvalue weighted by atomic mass is 9.90. The molecule has 0 aromatic heterocycles. The first-order valence-corrected chi connectivity index (χ1v) is 11.3. The highest BCUT2D eigenvalue weighted by Gasteiger charge is 2.42. The van der Waals surface area contributed by atoms with Crippen molar-refractivity contribution in [2.24, 2.45) is 0 Å². The molecule has 1 N–H and O–H groups in total. The van der Waals surface area contributed by atoms with Crippen LogP contribution < -0.4 is 10.1 Å². The van der Waals surface area contributed by atoms with Crippen molar-refractivity contribution >= 4 is 22.6 Å². The maximum absolute atomic E-state index is 13.2. The third-order valence-electron chi connectivity index (χ3n) is 5.40. The van der Waals surface area contributed by atoms with Crippen molar-refractivity contribution in [3.8, 4) is 5.75 Å². The molecule has 8 heteroatoms. The van der Waals surface area contributed by atoms with Gasteiger partial charge in [-0.05, 0) is 26.1 Å². The van der Waals surface area contributed by atoms with E-state index < -0.39 is 16.4 Å². The first kappa shape index (κ1) is 20.8. The van der Waals surface area contributed by atoms with Crippen molar-refractivity contribution in [2.45, 2.75) is 25.4 Å². The summed E-state index contributed by atoms with van der Waals surface area (Å²) in [7, 11) is 1.12. The third-order valence-corrected chi connectivity index (χ3v) is 6.18. The number of ether oxygens (including phenoxy) is 1. The van der Waals surface area contributed by atoms with Gasteiger partial charge in [-0.3, -0.25) is 13.8 Å². The minimum absolute atomic E-state index is 0.0243. The van der Waals surface area contributed by atoms with Gasteiger partial charge in [0.05, 0.1) is 18.7 Å². The Morgan fingerprint density at radius 1 is 1.32 bits per heavy atom. The Bertz CT molecular complexity index is 775. The highest BCUT2D eigenvalue weighted by atomic mass is 32.2. The molecule has 1 aromatic rings. The lowest BCUT2D eigenvalue weighted by Gasteiger charge is -2.41. The average Bonchev–Trinajstić information content (AvgIpc) is 2.74. The van der Waals surface area contributed by atoms with Crippen LogP contribution in [0.2, 0.25) is 0 Å². The molecule has 1 unspecified atom stereocenters. The Labute approximate surface area is 168 Å². The molecule has 1 aromatic carbocycles. The number of carbonyl (C=O) groups excluding carboxylic acids is 2. The zero-order valence-corrected chi connectivity index (χ0v) is 17.6. The monoisotopic (exact) mass is 407 g/mol. The van der Waals surface area contributed by atoms with E-state index in [1.165, 1.54) is 0 Å². The first-order valence-electron chi connectivity index (χ1n) is 9.62. The van der Waals surface area contributed by atoms with E-state index in [1.807, 2.05) is 25.1 Å². The van der Waals surface area contributed by atoms with Gasteiger partial charge in [0.25, 0.3) is 5.91 Å². The summed E-state index contributed by atoms with van der Waals surface area (Å²) >= 11 is 0. The number of benzene rings is 1. The number of aryl methyl sites for hydroxylation is 1. The van der Waals surface area contributed by atoms with Crippen molar-refractivity contribution in [1.29, 1.82) is 0 Å². The molecular weight excluding hydrogens is 378 g/mol. The number of nitrogens with one attached hydrogen (secondary N) is 1. The molecule has 7 nitrogen and oxygen atoms in total. The van der Waals surface area contributed by atoms with Crippen molar-refractivity contribution in [3.63, 3.8) is 0 Å². The second kappa shape index (κ2) is 8.61. The molecule has 3 rings (SSSR count). The number of likely N-dealkylation sites (tertiary alicyclic amines) is 1. The van der Waals surface area contributed by atoms with Gasteiger partial charge in [0.2, 0.25) is 5.91 Å². The summed E-state index contributed by atoms with van der Waals surface area (Å²) in [5, 5.41) is 2.76. The summed E-state index contributed by atoms with van der Waals surface area (Å²) in [5.74, 6) is 0.590. The molecule has 1 spiro atoms. The van der Waals surface area contributed by atoms with Gasteiger partial charge in [0, 0.05) is 55.3 Å². The predicted octanol–water partition coefficient (Wildman–Crippen LogP) is 0.789. The van der Waals surface area contributed by atoms with E-state index in [2.05, 4.69) is 17.3 Å². The van der Waals surface area contributed by atoms with Gasteiger partial charge >= 0.3 is 0 Å². The van der Waals surface area contributed by atoms with E-state index >= 15 is 0 Å². The van der Waals surface area contributed by atoms with Crippen LogP contribution in [0.15, 0.2) is 18.2 Å². The summed E-state index contributed by atoms with van der Waals surface area (Å²) in [6, 6.07) is 5.64. The number of amides is 2. The van der Waals surface area contributed by atoms with Crippen molar-refractivity contribution in [2.75, 3.05) is 51.8 Å². The normalized spacial score (nSPS) is 20.2. The summed E-state index contributed by atoms with van der Waals surface area (Å²) in [6.07, 6.45) is 3.21. The zero-order chi connectivity index (χ0) is 20.3. The number of hydrogen-bond acceptors (Lipinski definition) is 5. The number of nitrogens with zero attached hydrogens (tertiary/aromatic N) is 2. The molecule has 0 saturated carbocycles. The largest absolute Gasteiger partial charge is 0.484 e. The smallest absolute Gasteiger partial charge is 0.258 e. The summed E-state index contributed by atoms with van der Waals surface area (Å²) in [5.41, 5.74) is 1.01. The van der Waals surface area contributed by atoms with Crippen LogP contribution in [0.5, 0.6) is 5.75 Å². The van der Waals surface area contributed by atoms with Gasteiger partial charge in [-0.15, -0.1) is 0 Å². The number of hydrogen-bond donors (Lipinski definition) is 1. The molecule has 1 fully saturated rings. The zero-order valence-electron chi connectivity index (χ0n) is 16.8. The fourth-order valence-corrected chi connectivity index (χ4v) is 4.12. The molecule has 2 aliphatic rings. The van der Waals surface area contributed by atoms with E-state index in [-0.39, 0.29) is 18.4 Å². The first-order chi connectivity index (χ1) is 13.3. The van der Waals surface area contributed by atoms with Crippen LogP contribution >= 0.6 is 0 Å². The maximum Gasteiger partial charge on any atom is 0.258 e. The molecule has 0 radical (unpaired) electrons. The molecule has 1 saturated heterocycles. The third kappa shape index (κ3) is 4.91. The second-order valence-corrected chi connectivity index (χ2v) is 9.43. The fraction of sp³-hybridized carbons (Fsp3) is 0.600. The standard InChI is InChI=1S/C20H29N3O4S/c1-15-4-5-17-16(12-15)19(25)23(13-18(24)21-8-11-28(3)26)14-20(27-17)6-9-22(2)10-7-20/h4-5,12H,6-11,13-14H2,1-3H3,(H,21,24). The molecule has 2 amide bonds. The quantitative estimate of drug-likeness (QED) is 0.781. The van der Waals surface area contributed by atoms with Crippen molar-refractivity contribution < 1.29 is 18.5 Å². The molecule has 1 atom stereocenters. The van der Waals surface area contributed by atoms with Crippen LogP contribution in [-0.4, -0.2) is 83.2 Å². The van der Waals surface area contributed by atoms with Crippen LogP contribution in [0.4, 0.5) is 0 Å². The van der Waals surface area contributed by atoms with E-state index in [9.17, 15) is 13.8 Å². The Kier molecular flexibility index (Phi) is 6.40. The van der Waals surface area contributed by atoms with Crippen LogP contribution in [0.25, 0.3) is 0 Å². The number of carbonyl (C=O) groups is 2. The van der Waals surface area contributed by atoms with E-state index in [0.29, 0.717) is 30.2 Å². The Balaban J connectivity index is 1.82. The molecule has 0 bridgehead atoms. The Morgan fingerprint density at radius 3 is 2.71 bits per heavy atom. The predicted molar refractivity (Wildman–Crippen MR) is 109 cm³/mol. The minimum atomic E-state index is -0.963. The summed E-state index contributed by atoms with van der Waals surface area (Å²) in [4.78, 5) is 29.5. The van der Waals surface area contributed by atoms with Crippen LogP contribution in [0.3, 0.4) is 0 Å². The molecule has 0 aliphatic carbocycles. The van der Waals surface area contributed by atoms with Gasteiger partial charge in [0.1, 0.15) is 11.4 Å². The van der Waals surface area contributed by atoms with E-state index in [1.54, 1.807) is 11.2 Å². The Morgan fingerprint density at radius 2 is 2.04 bits per heavy atom. The lowest BCUT2D eigenvalue weighted by molar-refractivity contribution is -0.122. The van der Waals surface area contributed by atoms with Gasteiger partial charge in [0.15, 0.2) is 0 Å². The van der Waals surface area contributed by atoms with Crippen molar-refractivity contribution in [3.05, 3.63) is 29.3 Å². The van der Waals surface area contributed by atoms with Gasteiger partial charge in [-0.25, -0.2) is 0 Å². The van der Waals surface area contributed by atoms with Gasteiger partial charge in [-0.1, -0.05) is 11.6 Å². The second-order valence-electron chi connectivity index (χ2n) is 7.88. The molecule has 2 aliphatic heterocycles. The van der Waals surface area contributed by atoms with Crippen LogP contribution in [-0.2, 0) is 15.6 Å². The minimum Gasteiger partial charge on any atom is -0.484 e. The van der Waals surface area contributed by atoms with Crippen LogP contribution in [0, 0.1) is 6.92 Å². The van der Waals surface area contributed by atoms with Gasteiger partial charge < -0.3 is 19.9 Å². The van der Waals surface area contributed by atoms with E-state index in [4.69, 9.17) is 4.74 Å². The Hall–Kier alpha value is -1.93. The van der Waals surface area contributed by atoms with Gasteiger partial charge in [-0.2, -0.15) is 0 Å².